The van der Waals surface area contributed by atoms with Crippen molar-refractivity contribution in [1.82, 2.24) is 0 Å². The van der Waals surface area contributed by atoms with Crippen molar-refractivity contribution in [1.29, 1.82) is 0 Å². The molecule has 0 radical (unpaired) electrons. The Hall–Kier alpha value is -3.01. The lowest BCUT2D eigenvalue weighted by Crippen LogP contribution is -2.01. The van der Waals surface area contributed by atoms with Crippen LogP contribution < -0.4 is 4.74 Å². The highest BCUT2D eigenvalue weighted by Gasteiger charge is 2.16. The lowest BCUT2D eigenvalue weighted by molar-refractivity contribution is 0.302. The SMILES string of the molecule is C=CCCOc1ccc(-c2ccc(CCc3ccc(CCC)cc3F)cc2)c(F)c1F. The van der Waals surface area contributed by atoms with Gasteiger partial charge in [0.25, 0.3) is 0 Å². The summed E-state index contributed by atoms with van der Waals surface area (Å²) in [6.45, 7) is 5.89. The Labute approximate surface area is 182 Å². The molecule has 162 valence electrons. The van der Waals surface area contributed by atoms with Crippen LogP contribution in [0.3, 0.4) is 0 Å². The molecule has 0 heterocycles. The molecular formula is C27H27F3O. The lowest BCUT2D eigenvalue weighted by atomic mass is 9.98. The van der Waals surface area contributed by atoms with Gasteiger partial charge < -0.3 is 4.74 Å². The van der Waals surface area contributed by atoms with Crippen LogP contribution in [0.25, 0.3) is 11.1 Å². The fourth-order valence-electron chi connectivity index (χ4n) is 3.49. The van der Waals surface area contributed by atoms with Gasteiger partial charge in [0.15, 0.2) is 11.6 Å². The van der Waals surface area contributed by atoms with Gasteiger partial charge in [-0.15, -0.1) is 6.58 Å². The maximum atomic E-state index is 14.5. The molecule has 31 heavy (non-hydrogen) atoms. The maximum Gasteiger partial charge on any atom is 0.201 e. The first kappa shape index (κ1) is 22.7. The van der Waals surface area contributed by atoms with Crippen LogP contribution in [0.5, 0.6) is 5.75 Å². The molecule has 0 saturated heterocycles. The van der Waals surface area contributed by atoms with Gasteiger partial charge in [-0.05, 0) is 66.1 Å². The van der Waals surface area contributed by atoms with Crippen LogP contribution >= 0.6 is 0 Å². The highest BCUT2D eigenvalue weighted by atomic mass is 19.2. The second kappa shape index (κ2) is 10.9. The number of hydrogen-bond donors (Lipinski definition) is 0. The van der Waals surface area contributed by atoms with Crippen LogP contribution in [-0.2, 0) is 19.3 Å². The van der Waals surface area contributed by atoms with Crippen molar-refractivity contribution in [2.45, 2.75) is 39.0 Å². The molecule has 3 aromatic carbocycles. The molecule has 3 rings (SSSR count). The molecule has 0 N–H and O–H groups in total. The Balaban J connectivity index is 1.67. The first-order valence-corrected chi connectivity index (χ1v) is 10.6. The van der Waals surface area contributed by atoms with E-state index in [0.717, 1.165) is 24.0 Å². The van der Waals surface area contributed by atoms with E-state index in [1.165, 1.54) is 12.1 Å². The summed E-state index contributed by atoms with van der Waals surface area (Å²) in [5.74, 6) is -2.20. The minimum absolute atomic E-state index is 0.105. The van der Waals surface area contributed by atoms with E-state index in [1.54, 1.807) is 24.3 Å². The molecule has 1 nitrogen and oxygen atoms in total. The maximum absolute atomic E-state index is 14.5. The topological polar surface area (TPSA) is 9.23 Å². The van der Waals surface area contributed by atoms with Gasteiger partial charge in [-0.1, -0.05) is 55.8 Å². The smallest absolute Gasteiger partial charge is 0.201 e. The average molecular weight is 425 g/mol. The zero-order valence-electron chi connectivity index (χ0n) is 17.8. The van der Waals surface area contributed by atoms with E-state index in [0.29, 0.717) is 30.4 Å². The predicted molar refractivity (Wildman–Crippen MR) is 120 cm³/mol. The van der Waals surface area contributed by atoms with Crippen LogP contribution in [0.4, 0.5) is 13.2 Å². The highest BCUT2D eigenvalue weighted by molar-refractivity contribution is 5.65. The van der Waals surface area contributed by atoms with E-state index in [4.69, 9.17) is 4.74 Å². The Morgan fingerprint density at radius 2 is 1.58 bits per heavy atom. The van der Waals surface area contributed by atoms with Crippen molar-refractivity contribution in [3.8, 4) is 16.9 Å². The van der Waals surface area contributed by atoms with Gasteiger partial charge in [0.1, 0.15) is 5.82 Å². The Morgan fingerprint density at radius 1 is 0.839 bits per heavy atom. The summed E-state index contributed by atoms with van der Waals surface area (Å²) in [5, 5.41) is 0. The monoisotopic (exact) mass is 424 g/mol. The molecule has 0 aliphatic carbocycles. The molecule has 0 spiro atoms. The average Bonchev–Trinajstić information content (AvgIpc) is 2.77. The van der Waals surface area contributed by atoms with Gasteiger partial charge in [0.05, 0.1) is 6.61 Å². The molecule has 0 saturated carbocycles. The zero-order valence-corrected chi connectivity index (χ0v) is 17.8. The third-order valence-electron chi connectivity index (χ3n) is 5.23. The molecule has 0 unspecified atom stereocenters. The number of aryl methyl sites for hydroxylation is 3. The second-order valence-electron chi connectivity index (χ2n) is 7.54. The second-order valence-corrected chi connectivity index (χ2v) is 7.54. The van der Waals surface area contributed by atoms with E-state index in [1.807, 2.05) is 24.3 Å². The van der Waals surface area contributed by atoms with Crippen molar-refractivity contribution in [2.24, 2.45) is 0 Å². The van der Waals surface area contributed by atoms with Gasteiger partial charge >= 0.3 is 0 Å². The molecule has 0 bridgehead atoms. The van der Waals surface area contributed by atoms with Crippen molar-refractivity contribution in [3.63, 3.8) is 0 Å². The normalized spacial score (nSPS) is 10.8. The molecular weight excluding hydrogens is 397 g/mol. The van der Waals surface area contributed by atoms with Gasteiger partial charge in [-0.2, -0.15) is 4.39 Å². The Kier molecular flexibility index (Phi) is 7.94. The first-order valence-electron chi connectivity index (χ1n) is 10.6. The molecule has 0 amide bonds. The van der Waals surface area contributed by atoms with Gasteiger partial charge in [-0.3, -0.25) is 0 Å². The van der Waals surface area contributed by atoms with Crippen LogP contribution in [0, 0.1) is 17.5 Å². The molecule has 0 fully saturated rings. The third kappa shape index (κ3) is 5.78. The summed E-state index contributed by atoms with van der Waals surface area (Å²) in [5.41, 5.74) is 3.46. The summed E-state index contributed by atoms with van der Waals surface area (Å²) in [7, 11) is 0. The minimum atomic E-state index is -0.993. The summed E-state index contributed by atoms with van der Waals surface area (Å²) in [6, 6.07) is 15.6. The zero-order chi connectivity index (χ0) is 22.2. The molecule has 4 heteroatoms. The van der Waals surface area contributed by atoms with Crippen LogP contribution in [-0.4, -0.2) is 6.61 Å². The van der Waals surface area contributed by atoms with E-state index < -0.39 is 11.6 Å². The first-order chi connectivity index (χ1) is 15.0. The number of hydrogen-bond acceptors (Lipinski definition) is 1. The van der Waals surface area contributed by atoms with E-state index in [-0.39, 0.29) is 23.7 Å². The van der Waals surface area contributed by atoms with Crippen LogP contribution in [0.1, 0.15) is 36.5 Å². The Bertz CT molecular complexity index is 1030. The van der Waals surface area contributed by atoms with Gasteiger partial charge in [0.2, 0.25) is 5.82 Å². The summed E-state index contributed by atoms with van der Waals surface area (Å²) >= 11 is 0. The molecule has 0 aromatic heterocycles. The van der Waals surface area contributed by atoms with E-state index in [2.05, 4.69) is 13.5 Å². The minimum Gasteiger partial charge on any atom is -0.490 e. The van der Waals surface area contributed by atoms with E-state index in [9.17, 15) is 13.2 Å². The van der Waals surface area contributed by atoms with Crippen molar-refractivity contribution in [3.05, 3.63) is 101 Å². The lowest BCUT2D eigenvalue weighted by Gasteiger charge is -2.11. The summed E-state index contributed by atoms with van der Waals surface area (Å²) in [4.78, 5) is 0. The van der Waals surface area contributed by atoms with Crippen molar-refractivity contribution in [2.75, 3.05) is 6.61 Å². The van der Waals surface area contributed by atoms with Gasteiger partial charge in [0, 0.05) is 5.56 Å². The van der Waals surface area contributed by atoms with Crippen LogP contribution in [0.15, 0.2) is 67.3 Å². The summed E-state index contributed by atoms with van der Waals surface area (Å²) in [6.07, 6.45) is 5.31. The molecule has 0 atom stereocenters. The molecule has 3 aromatic rings. The molecule has 0 aliphatic heterocycles. The van der Waals surface area contributed by atoms with Crippen molar-refractivity contribution < 1.29 is 17.9 Å². The van der Waals surface area contributed by atoms with Gasteiger partial charge in [-0.25, -0.2) is 8.78 Å². The third-order valence-corrected chi connectivity index (χ3v) is 5.23. The fourth-order valence-corrected chi connectivity index (χ4v) is 3.49. The summed E-state index contributed by atoms with van der Waals surface area (Å²) < 4.78 is 48.4. The number of halogens is 3. The quantitative estimate of drug-likeness (QED) is 0.242. The largest absolute Gasteiger partial charge is 0.490 e. The van der Waals surface area contributed by atoms with Crippen LogP contribution in [0.2, 0.25) is 0 Å². The standard InChI is InChI=1S/C27H27F3O/c1-3-5-17-31-25-16-15-23(26(29)27(25)30)21-11-7-19(8-12-21)9-13-22-14-10-20(6-4-2)18-24(22)28/h3,7-8,10-12,14-16,18H,1,4-6,9,13,17H2,2H3. The predicted octanol–water partition coefficient (Wildman–Crippen LogP) is 7.46. The van der Waals surface area contributed by atoms with E-state index >= 15 is 0 Å². The van der Waals surface area contributed by atoms with Crippen molar-refractivity contribution >= 4 is 0 Å². The Morgan fingerprint density at radius 3 is 2.26 bits per heavy atom. The number of ether oxygens (including phenoxy) is 1. The number of rotatable bonds is 10. The fraction of sp³-hybridized carbons (Fsp3) is 0.259. The number of benzene rings is 3. The highest BCUT2D eigenvalue weighted by Crippen LogP contribution is 2.30. The molecule has 0 aliphatic rings.